The van der Waals surface area contributed by atoms with Gasteiger partial charge in [0.2, 0.25) is 0 Å². The average Bonchev–Trinajstić information content (AvgIpc) is 2.71. The van der Waals surface area contributed by atoms with Crippen molar-refractivity contribution in [3.63, 3.8) is 0 Å². The highest BCUT2D eigenvalue weighted by atomic mass is 19.1. The maximum absolute atomic E-state index is 13.1. The topological polar surface area (TPSA) is 61.2 Å². The van der Waals surface area contributed by atoms with Crippen LogP contribution in [0, 0.1) is 5.82 Å². The van der Waals surface area contributed by atoms with Crippen LogP contribution in [0.2, 0.25) is 0 Å². The Bertz CT molecular complexity index is 1190. The molecule has 0 aliphatic carbocycles. The predicted octanol–water partition coefficient (Wildman–Crippen LogP) is 3.47. The molecule has 4 aromatic rings. The zero-order valence-electron chi connectivity index (χ0n) is 14.0. The van der Waals surface area contributed by atoms with Crippen molar-refractivity contribution in [3.8, 4) is 11.4 Å². The van der Waals surface area contributed by atoms with Crippen LogP contribution >= 0.6 is 0 Å². The smallest absolute Gasteiger partial charge is 0.326 e. The Hall–Kier alpha value is -3.80. The molecule has 132 valence electrons. The number of rotatable bonds is 3. The fourth-order valence-corrected chi connectivity index (χ4v) is 2.69. The summed E-state index contributed by atoms with van der Waals surface area (Å²) in [5.41, 5.74) is 0.730. The van der Waals surface area contributed by atoms with Gasteiger partial charge in [-0.05, 0) is 36.4 Å². The number of hydrogen-bond donors (Lipinski definition) is 0. The lowest BCUT2D eigenvalue weighted by Crippen LogP contribution is -2.33. The fraction of sp³-hybridized carbons (Fsp3) is 0. The van der Waals surface area contributed by atoms with Gasteiger partial charge in [-0.1, -0.05) is 42.5 Å². The minimum absolute atomic E-state index is 0.121. The second-order valence-corrected chi connectivity index (χ2v) is 5.80. The van der Waals surface area contributed by atoms with Crippen LogP contribution < -0.4 is 10.4 Å². The van der Waals surface area contributed by atoms with Crippen molar-refractivity contribution in [1.82, 2.24) is 9.71 Å². The van der Waals surface area contributed by atoms with Gasteiger partial charge in [0.05, 0.1) is 16.5 Å². The van der Waals surface area contributed by atoms with E-state index < -0.39 is 17.3 Å². The molecule has 0 radical (unpaired) electrons. The Morgan fingerprint density at radius 1 is 0.889 bits per heavy atom. The molecular weight excluding hydrogens is 347 g/mol. The van der Waals surface area contributed by atoms with E-state index in [1.54, 1.807) is 48.5 Å². The summed E-state index contributed by atoms with van der Waals surface area (Å²) in [5.74, 6) is -1.05. The van der Waals surface area contributed by atoms with Crippen molar-refractivity contribution in [2.45, 2.75) is 0 Å². The van der Waals surface area contributed by atoms with Crippen molar-refractivity contribution >= 4 is 16.9 Å². The van der Waals surface area contributed by atoms with E-state index >= 15 is 0 Å². The largest absolute Gasteiger partial charge is 0.363 e. The van der Waals surface area contributed by atoms with Gasteiger partial charge in [0.15, 0.2) is 5.82 Å². The van der Waals surface area contributed by atoms with Crippen LogP contribution in [-0.2, 0) is 0 Å². The number of nitrogens with zero attached hydrogens (tertiary/aromatic N) is 2. The first-order valence-corrected chi connectivity index (χ1v) is 8.19. The van der Waals surface area contributed by atoms with Gasteiger partial charge in [-0.25, -0.2) is 14.2 Å². The van der Waals surface area contributed by atoms with Crippen LogP contribution in [0.15, 0.2) is 83.7 Å². The van der Waals surface area contributed by atoms with Gasteiger partial charge >= 0.3 is 5.97 Å². The Balaban J connectivity index is 1.87. The van der Waals surface area contributed by atoms with E-state index in [2.05, 4.69) is 4.98 Å². The number of carbonyl (C=O) groups is 1. The number of carbonyl (C=O) groups excluding carboxylic acids is 1. The molecule has 0 spiro atoms. The van der Waals surface area contributed by atoms with Crippen LogP contribution in [0.25, 0.3) is 22.3 Å². The first kappa shape index (κ1) is 16.7. The lowest BCUT2D eigenvalue weighted by Gasteiger charge is -2.13. The van der Waals surface area contributed by atoms with Crippen LogP contribution in [0.1, 0.15) is 10.4 Å². The van der Waals surface area contributed by atoms with E-state index in [1.165, 1.54) is 12.1 Å². The maximum Gasteiger partial charge on any atom is 0.363 e. The number of fused-ring (bicyclic) bond motifs is 1. The zero-order chi connectivity index (χ0) is 18.8. The lowest BCUT2D eigenvalue weighted by atomic mass is 10.2. The molecule has 0 aliphatic rings. The van der Waals surface area contributed by atoms with E-state index in [-0.39, 0.29) is 11.4 Å². The molecule has 0 bridgehead atoms. The van der Waals surface area contributed by atoms with Gasteiger partial charge in [-0.3, -0.25) is 4.79 Å². The third-order valence-corrected chi connectivity index (χ3v) is 4.02. The number of halogens is 1. The highest BCUT2D eigenvalue weighted by Crippen LogP contribution is 2.18. The third-order valence-electron chi connectivity index (χ3n) is 4.02. The summed E-state index contributed by atoms with van der Waals surface area (Å²) in [5, 5.41) is 0.323. The summed E-state index contributed by atoms with van der Waals surface area (Å²) in [6.45, 7) is 0. The van der Waals surface area contributed by atoms with Crippen molar-refractivity contribution in [1.29, 1.82) is 0 Å². The molecular formula is C21H13FN2O3. The molecule has 0 N–H and O–H groups in total. The second kappa shape index (κ2) is 6.84. The van der Waals surface area contributed by atoms with Crippen molar-refractivity contribution in [2.75, 3.05) is 0 Å². The fourth-order valence-electron chi connectivity index (χ4n) is 2.69. The van der Waals surface area contributed by atoms with Crippen molar-refractivity contribution in [2.24, 2.45) is 0 Å². The number of aromatic nitrogens is 2. The highest BCUT2D eigenvalue weighted by Gasteiger charge is 2.17. The Morgan fingerprint density at radius 2 is 1.56 bits per heavy atom. The summed E-state index contributed by atoms with van der Waals surface area (Å²) in [6, 6.07) is 20.6. The van der Waals surface area contributed by atoms with Crippen LogP contribution in [0.5, 0.6) is 0 Å². The molecule has 0 unspecified atom stereocenters. The van der Waals surface area contributed by atoms with Gasteiger partial charge in [-0.2, -0.15) is 0 Å². The molecule has 27 heavy (non-hydrogen) atoms. The molecule has 0 aliphatic heterocycles. The molecule has 0 amide bonds. The molecule has 6 heteroatoms. The first-order chi connectivity index (χ1) is 13.1. The molecule has 0 saturated carbocycles. The molecule has 0 fully saturated rings. The van der Waals surface area contributed by atoms with Crippen LogP contribution in [-0.4, -0.2) is 15.7 Å². The van der Waals surface area contributed by atoms with E-state index in [1.807, 2.05) is 6.07 Å². The molecule has 0 atom stereocenters. The van der Waals surface area contributed by atoms with Gasteiger partial charge in [0.1, 0.15) is 5.82 Å². The molecule has 3 aromatic carbocycles. The predicted molar refractivity (Wildman–Crippen MR) is 98.7 cm³/mol. The summed E-state index contributed by atoms with van der Waals surface area (Å²) < 4.78 is 14.0. The number of para-hydroxylation sites is 1. The first-order valence-electron chi connectivity index (χ1n) is 8.19. The number of benzene rings is 3. The average molecular weight is 360 g/mol. The van der Waals surface area contributed by atoms with Gasteiger partial charge < -0.3 is 4.84 Å². The van der Waals surface area contributed by atoms with Gasteiger partial charge in [0.25, 0.3) is 5.56 Å². The molecule has 1 aromatic heterocycles. The number of hydrogen-bond acceptors (Lipinski definition) is 4. The van der Waals surface area contributed by atoms with Crippen molar-refractivity contribution in [3.05, 3.63) is 101 Å². The zero-order valence-corrected chi connectivity index (χ0v) is 14.0. The Labute approximate surface area is 153 Å². The Morgan fingerprint density at radius 3 is 2.30 bits per heavy atom. The van der Waals surface area contributed by atoms with Crippen molar-refractivity contribution < 1.29 is 14.0 Å². The molecule has 0 saturated heterocycles. The minimum atomic E-state index is -0.786. The SMILES string of the molecule is O=C(On1c(-c2ccccc2)nc2ccccc2c1=O)c1ccc(F)cc1. The maximum atomic E-state index is 13.1. The molecule has 4 rings (SSSR count). The van der Waals surface area contributed by atoms with Gasteiger partial charge in [-0.15, -0.1) is 4.73 Å². The van der Waals surface area contributed by atoms with Gasteiger partial charge in [0, 0.05) is 5.56 Å². The summed E-state index contributed by atoms with van der Waals surface area (Å²) in [7, 11) is 0. The van der Waals surface area contributed by atoms with E-state index in [0.717, 1.165) is 16.9 Å². The molecule has 5 nitrogen and oxygen atoms in total. The quantitative estimate of drug-likeness (QED) is 0.561. The lowest BCUT2D eigenvalue weighted by molar-refractivity contribution is 0.0449. The molecule has 1 heterocycles. The second-order valence-electron chi connectivity index (χ2n) is 5.80. The van der Waals surface area contributed by atoms with Crippen LogP contribution in [0.4, 0.5) is 4.39 Å². The van der Waals surface area contributed by atoms with E-state index in [4.69, 9.17) is 4.84 Å². The minimum Gasteiger partial charge on any atom is -0.326 e. The standard InChI is InChI=1S/C21H13FN2O3/c22-16-12-10-15(11-13-16)21(26)27-24-19(14-6-2-1-3-7-14)23-18-9-5-4-8-17(18)20(24)25/h1-13H. The third kappa shape index (κ3) is 3.20. The summed E-state index contributed by atoms with van der Waals surface area (Å²) in [4.78, 5) is 35.2. The van der Waals surface area contributed by atoms with Crippen LogP contribution in [0.3, 0.4) is 0 Å². The highest BCUT2D eigenvalue weighted by molar-refractivity contribution is 5.90. The monoisotopic (exact) mass is 360 g/mol. The normalized spacial score (nSPS) is 10.7. The van der Waals surface area contributed by atoms with E-state index in [9.17, 15) is 14.0 Å². The Kier molecular flexibility index (Phi) is 4.22. The summed E-state index contributed by atoms with van der Waals surface area (Å²) >= 11 is 0. The summed E-state index contributed by atoms with van der Waals surface area (Å²) in [6.07, 6.45) is 0. The van der Waals surface area contributed by atoms with E-state index in [0.29, 0.717) is 16.5 Å².